The fourth-order valence-electron chi connectivity index (χ4n) is 3.12. The molecule has 0 spiro atoms. The van der Waals surface area contributed by atoms with Crippen molar-refractivity contribution in [2.24, 2.45) is 0 Å². The van der Waals surface area contributed by atoms with Crippen LogP contribution >= 0.6 is 22.9 Å². The van der Waals surface area contributed by atoms with Crippen LogP contribution in [0.5, 0.6) is 0 Å². The van der Waals surface area contributed by atoms with E-state index in [0.717, 1.165) is 37.3 Å². The molecule has 2 amide bonds. The summed E-state index contributed by atoms with van der Waals surface area (Å²) >= 11 is 6.73. The van der Waals surface area contributed by atoms with Crippen molar-refractivity contribution in [2.75, 3.05) is 26.2 Å². The van der Waals surface area contributed by atoms with Crippen LogP contribution in [0, 0.1) is 0 Å². The van der Waals surface area contributed by atoms with E-state index in [1.807, 2.05) is 0 Å². The molecule has 0 aliphatic carbocycles. The molecule has 0 unspecified atom stereocenters. The SMILES string of the molecule is O=C(CN1CCC[C@H](NS(=O)(=O)c2ccc(Cl)s2)C1=O)N1CCCC1. The molecule has 3 rings (SSSR count). The van der Waals surface area contributed by atoms with Crippen molar-refractivity contribution in [1.29, 1.82) is 0 Å². The van der Waals surface area contributed by atoms with Gasteiger partial charge in [-0.1, -0.05) is 11.6 Å². The second-order valence-electron chi connectivity index (χ2n) is 6.22. The average molecular weight is 406 g/mol. The lowest BCUT2D eigenvalue weighted by Gasteiger charge is -2.32. The number of nitrogens with zero attached hydrogens (tertiary/aromatic N) is 2. The molecule has 0 saturated carbocycles. The van der Waals surface area contributed by atoms with Gasteiger partial charge in [-0.2, -0.15) is 4.72 Å². The van der Waals surface area contributed by atoms with Crippen LogP contribution in [0.15, 0.2) is 16.3 Å². The number of hydrogen-bond acceptors (Lipinski definition) is 5. The summed E-state index contributed by atoms with van der Waals surface area (Å²) in [6.07, 6.45) is 3.06. The first-order chi connectivity index (χ1) is 11.9. The molecule has 1 N–H and O–H groups in total. The second-order valence-corrected chi connectivity index (χ2v) is 9.88. The van der Waals surface area contributed by atoms with Gasteiger partial charge in [0.2, 0.25) is 11.8 Å². The first kappa shape index (κ1) is 18.6. The largest absolute Gasteiger partial charge is 0.341 e. The third-order valence-electron chi connectivity index (χ3n) is 4.43. The van der Waals surface area contributed by atoms with Crippen molar-refractivity contribution < 1.29 is 18.0 Å². The summed E-state index contributed by atoms with van der Waals surface area (Å²) < 4.78 is 27.7. The van der Waals surface area contributed by atoms with Gasteiger partial charge in [0.15, 0.2) is 0 Å². The summed E-state index contributed by atoms with van der Waals surface area (Å²) in [5.74, 6) is -0.413. The van der Waals surface area contributed by atoms with Gasteiger partial charge in [0.05, 0.1) is 10.9 Å². The Morgan fingerprint density at radius 3 is 2.60 bits per heavy atom. The monoisotopic (exact) mass is 405 g/mol. The fourth-order valence-corrected chi connectivity index (χ4v) is 5.85. The van der Waals surface area contributed by atoms with Crippen LogP contribution in [0.3, 0.4) is 0 Å². The molecule has 2 fully saturated rings. The Kier molecular flexibility index (Phi) is 5.67. The van der Waals surface area contributed by atoms with Crippen LogP contribution in [-0.4, -0.2) is 62.3 Å². The lowest BCUT2D eigenvalue weighted by molar-refractivity contribution is -0.142. The number of hydrogen-bond donors (Lipinski definition) is 1. The molecular weight excluding hydrogens is 386 g/mol. The molecule has 2 aliphatic rings. The molecule has 1 aromatic rings. The normalized spacial score (nSPS) is 21.8. The first-order valence-electron chi connectivity index (χ1n) is 8.21. The molecule has 0 aromatic carbocycles. The Morgan fingerprint density at radius 2 is 1.96 bits per heavy atom. The van der Waals surface area contributed by atoms with E-state index in [9.17, 15) is 18.0 Å². The smallest absolute Gasteiger partial charge is 0.250 e. The molecule has 2 aliphatic heterocycles. The molecule has 7 nitrogen and oxygen atoms in total. The highest BCUT2D eigenvalue weighted by Gasteiger charge is 2.34. The predicted octanol–water partition coefficient (Wildman–Crippen LogP) is 1.29. The van der Waals surface area contributed by atoms with Crippen molar-refractivity contribution in [3.8, 4) is 0 Å². The second kappa shape index (κ2) is 7.61. The number of nitrogens with one attached hydrogen (secondary N) is 1. The number of thiophene rings is 1. The van der Waals surface area contributed by atoms with Crippen LogP contribution < -0.4 is 4.72 Å². The van der Waals surface area contributed by atoms with Gasteiger partial charge in [-0.25, -0.2) is 8.42 Å². The lowest BCUT2D eigenvalue weighted by Crippen LogP contribution is -2.54. The Bertz CT molecular complexity index is 759. The predicted molar refractivity (Wildman–Crippen MR) is 95.1 cm³/mol. The summed E-state index contributed by atoms with van der Waals surface area (Å²) in [6.45, 7) is 1.95. The maximum atomic E-state index is 12.6. The van der Waals surface area contributed by atoms with Gasteiger partial charge in [0.25, 0.3) is 10.0 Å². The number of sulfonamides is 1. The van der Waals surface area contributed by atoms with Gasteiger partial charge in [0.1, 0.15) is 10.3 Å². The quantitative estimate of drug-likeness (QED) is 0.799. The highest BCUT2D eigenvalue weighted by Crippen LogP contribution is 2.26. The Labute approximate surface area is 156 Å². The van der Waals surface area contributed by atoms with Crippen molar-refractivity contribution >= 4 is 44.8 Å². The topological polar surface area (TPSA) is 86.8 Å². The van der Waals surface area contributed by atoms with Gasteiger partial charge in [-0.05, 0) is 37.8 Å². The maximum Gasteiger partial charge on any atom is 0.250 e. The van der Waals surface area contributed by atoms with Crippen LogP contribution in [0.25, 0.3) is 0 Å². The summed E-state index contributed by atoms with van der Waals surface area (Å²) in [6, 6.07) is 2.08. The molecule has 25 heavy (non-hydrogen) atoms. The minimum absolute atomic E-state index is 0.0158. The van der Waals surface area contributed by atoms with E-state index < -0.39 is 16.1 Å². The van der Waals surface area contributed by atoms with Crippen molar-refractivity contribution in [3.05, 3.63) is 16.5 Å². The van der Waals surface area contributed by atoms with Gasteiger partial charge >= 0.3 is 0 Å². The van der Waals surface area contributed by atoms with Gasteiger partial charge in [-0.15, -0.1) is 11.3 Å². The van der Waals surface area contributed by atoms with E-state index >= 15 is 0 Å². The molecule has 10 heteroatoms. The molecule has 0 radical (unpaired) electrons. The summed E-state index contributed by atoms with van der Waals surface area (Å²) in [5.41, 5.74) is 0. The highest BCUT2D eigenvalue weighted by atomic mass is 35.5. The highest BCUT2D eigenvalue weighted by molar-refractivity contribution is 7.91. The van der Waals surface area contributed by atoms with E-state index in [4.69, 9.17) is 11.6 Å². The van der Waals surface area contributed by atoms with Gasteiger partial charge < -0.3 is 9.80 Å². The molecular formula is C15H20ClN3O4S2. The molecule has 2 saturated heterocycles. The van der Waals surface area contributed by atoms with E-state index in [2.05, 4.69) is 4.72 Å². The molecule has 0 bridgehead atoms. The summed E-state index contributed by atoms with van der Waals surface area (Å²) in [7, 11) is -3.80. The number of rotatable bonds is 5. The van der Waals surface area contributed by atoms with Crippen LogP contribution in [-0.2, 0) is 19.6 Å². The minimum atomic E-state index is -3.80. The van der Waals surface area contributed by atoms with E-state index in [0.29, 0.717) is 23.7 Å². The zero-order valence-electron chi connectivity index (χ0n) is 13.6. The fraction of sp³-hybridized carbons (Fsp3) is 0.600. The number of piperidine rings is 1. The first-order valence-corrected chi connectivity index (χ1v) is 10.9. The molecule has 3 heterocycles. The van der Waals surface area contributed by atoms with Crippen LogP contribution in [0.2, 0.25) is 4.34 Å². The van der Waals surface area contributed by atoms with Gasteiger partial charge in [-0.3, -0.25) is 9.59 Å². The Hall–Kier alpha value is -1.16. The van der Waals surface area contributed by atoms with Gasteiger partial charge in [0, 0.05) is 19.6 Å². The Balaban J connectivity index is 1.64. The summed E-state index contributed by atoms with van der Waals surface area (Å²) in [4.78, 5) is 28.1. The van der Waals surface area contributed by atoms with Crippen molar-refractivity contribution in [1.82, 2.24) is 14.5 Å². The van der Waals surface area contributed by atoms with Crippen LogP contribution in [0.1, 0.15) is 25.7 Å². The lowest BCUT2D eigenvalue weighted by atomic mass is 10.1. The Morgan fingerprint density at radius 1 is 1.24 bits per heavy atom. The number of amides is 2. The number of carbonyl (C=O) groups is 2. The standard InChI is InChI=1S/C15H20ClN3O4S2/c16-12-5-6-14(24-12)25(22,23)17-11-4-3-9-19(15(11)21)10-13(20)18-7-1-2-8-18/h5-6,11,17H,1-4,7-10H2/t11-/m0/s1. The van der Waals surface area contributed by atoms with Crippen molar-refractivity contribution in [2.45, 2.75) is 35.9 Å². The van der Waals surface area contributed by atoms with Crippen molar-refractivity contribution in [3.63, 3.8) is 0 Å². The number of likely N-dealkylation sites (tertiary alicyclic amines) is 2. The molecule has 1 atom stereocenters. The van der Waals surface area contributed by atoms with Crippen LogP contribution in [0.4, 0.5) is 0 Å². The third kappa shape index (κ3) is 4.33. The molecule has 138 valence electrons. The zero-order chi connectivity index (χ0) is 18.0. The molecule has 1 aromatic heterocycles. The zero-order valence-corrected chi connectivity index (χ0v) is 16.0. The van der Waals surface area contributed by atoms with E-state index in [-0.39, 0.29) is 22.6 Å². The summed E-state index contributed by atoms with van der Waals surface area (Å²) in [5, 5.41) is 0. The maximum absolute atomic E-state index is 12.6. The average Bonchev–Trinajstić information content (AvgIpc) is 3.22. The number of carbonyl (C=O) groups excluding carboxylic acids is 2. The number of halogens is 1. The van der Waals surface area contributed by atoms with E-state index in [1.165, 1.54) is 17.0 Å². The third-order valence-corrected chi connectivity index (χ3v) is 7.62. The minimum Gasteiger partial charge on any atom is -0.341 e. The van der Waals surface area contributed by atoms with E-state index in [1.54, 1.807) is 4.90 Å².